The van der Waals surface area contributed by atoms with Gasteiger partial charge in [0.2, 0.25) is 0 Å². The van der Waals surface area contributed by atoms with E-state index in [-0.39, 0.29) is 5.56 Å². The van der Waals surface area contributed by atoms with Crippen LogP contribution in [0, 0.1) is 5.82 Å². The SMILES string of the molecule is O=C(COC(=O)CNC(=O)c1ccc(F)cc1)Nc1ccccc1Br. The maximum Gasteiger partial charge on any atom is 0.325 e. The van der Waals surface area contributed by atoms with Gasteiger partial charge in [-0.2, -0.15) is 0 Å². The standard InChI is InChI=1S/C17H14BrFN2O4/c18-13-3-1-2-4-14(13)21-15(22)10-25-16(23)9-20-17(24)11-5-7-12(19)8-6-11/h1-8H,9-10H2,(H,20,24)(H,21,22). The fourth-order valence-corrected chi connectivity index (χ4v) is 2.19. The van der Waals surface area contributed by atoms with Gasteiger partial charge >= 0.3 is 5.97 Å². The number of amides is 2. The fraction of sp³-hybridized carbons (Fsp3) is 0.118. The fourth-order valence-electron chi connectivity index (χ4n) is 1.80. The third kappa shape index (κ3) is 6.00. The van der Waals surface area contributed by atoms with Crippen molar-refractivity contribution in [2.24, 2.45) is 0 Å². The molecule has 0 fully saturated rings. The van der Waals surface area contributed by atoms with Crippen molar-refractivity contribution in [3.05, 3.63) is 64.4 Å². The molecule has 2 aromatic carbocycles. The van der Waals surface area contributed by atoms with Crippen LogP contribution in [0.1, 0.15) is 10.4 Å². The van der Waals surface area contributed by atoms with Crippen LogP contribution >= 0.6 is 15.9 Å². The van der Waals surface area contributed by atoms with Crippen LogP contribution in [-0.4, -0.2) is 30.9 Å². The molecule has 2 rings (SSSR count). The highest BCUT2D eigenvalue weighted by atomic mass is 79.9. The molecule has 0 aliphatic carbocycles. The Hall–Kier alpha value is -2.74. The first-order chi connectivity index (χ1) is 12.0. The molecular formula is C17H14BrFN2O4. The van der Waals surface area contributed by atoms with Gasteiger partial charge in [0, 0.05) is 10.0 Å². The van der Waals surface area contributed by atoms with Crippen molar-refractivity contribution in [3.63, 3.8) is 0 Å². The number of esters is 1. The van der Waals surface area contributed by atoms with E-state index in [1.807, 2.05) is 0 Å². The second-order valence-electron chi connectivity index (χ2n) is 4.88. The third-order valence-corrected chi connectivity index (χ3v) is 3.70. The summed E-state index contributed by atoms with van der Waals surface area (Å²) in [6, 6.07) is 11.8. The highest BCUT2D eigenvalue weighted by molar-refractivity contribution is 9.10. The first-order valence-electron chi connectivity index (χ1n) is 7.19. The Morgan fingerprint density at radius 3 is 2.40 bits per heavy atom. The minimum Gasteiger partial charge on any atom is -0.454 e. The molecular weight excluding hydrogens is 395 g/mol. The van der Waals surface area contributed by atoms with Gasteiger partial charge in [-0.05, 0) is 52.3 Å². The lowest BCUT2D eigenvalue weighted by molar-refractivity contribution is -0.146. The number of hydrogen-bond acceptors (Lipinski definition) is 4. The normalized spacial score (nSPS) is 10.0. The number of nitrogens with one attached hydrogen (secondary N) is 2. The lowest BCUT2D eigenvalue weighted by atomic mass is 10.2. The molecule has 130 valence electrons. The molecule has 0 aliphatic rings. The molecule has 2 amide bonds. The minimum atomic E-state index is -0.766. The van der Waals surface area contributed by atoms with Crippen molar-refractivity contribution in [1.29, 1.82) is 0 Å². The lowest BCUT2D eigenvalue weighted by Gasteiger charge is -2.08. The first kappa shape index (κ1) is 18.6. The summed E-state index contributed by atoms with van der Waals surface area (Å²) < 4.78 is 18.3. The van der Waals surface area contributed by atoms with Gasteiger partial charge in [0.05, 0.1) is 5.69 Å². The number of rotatable bonds is 6. The van der Waals surface area contributed by atoms with Gasteiger partial charge in [0.1, 0.15) is 12.4 Å². The van der Waals surface area contributed by atoms with Crippen molar-refractivity contribution in [3.8, 4) is 0 Å². The van der Waals surface area contributed by atoms with Crippen molar-refractivity contribution < 1.29 is 23.5 Å². The van der Waals surface area contributed by atoms with Gasteiger partial charge in [-0.15, -0.1) is 0 Å². The van der Waals surface area contributed by atoms with Crippen LogP contribution in [0.25, 0.3) is 0 Å². The molecule has 2 aromatic rings. The topological polar surface area (TPSA) is 84.5 Å². The highest BCUT2D eigenvalue weighted by Crippen LogP contribution is 2.20. The first-order valence-corrected chi connectivity index (χ1v) is 7.99. The van der Waals surface area contributed by atoms with E-state index in [0.717, 1.165) is 12.1 Å². The van der Waals surface area contributed by atoms with Crippen molar-refractivity contribution in [1.82, 2.24) is 5.32 Å². The third-order valence-electron chi connectivity index (χ3n) is 3.01. The van der Waals surface area contributed by atoms with Crippen LogP contribution in [-0.2, 0) is 14.3 Å². The summed E-state index contributed by atoms with van der Waals surface area (Å²) in [4.78, 5) is 35.1. The molecule has 6 nitrogen and oxygen atoms in total. The Morgan fingerprint density at radius 2 is 1.72 bits per heavy atom. The van der Waals surface area contributed by atoms with Crippen LogP contribution in [0.15, 0.2) is 53.0 Å². The number of carbonyl (C=O) groups is 3. The molecule has 0 spiro atoms. The number of hydrogen-bond donors (Lipinski definition) is 2. The van der Waals surface area contributed by atoms with Crippen LogP contribution in [0.2, 0.25) is 0 Å². The predicted molar refractivity (Wildman–Crippen MR) is 92.5 cm³/mol. The molecule has 0 bridgehead atoms. The van der Waals surface area contributed by atoms with E-state index < -0.39 is 36.8 Å². The smallest absolute Gasteiger partial charge is 0.325 e. The summed E-state index contributed by atoms with van der Waals surface area (Å²) in [6.07, 6.45) is 0. The second kappa shape index (κ2) is 8.93. The van der Waals surface area contributed by atoms with E-state index in [4.69, 9.17) is 4.74 Å². The Labute approximate surface area is 151 Å². The molecule has 0 aliphatic heterocycles. The molecule has 0 atom stereocenters. The van der Waals surface area contributed by atoms with Gasteiger partial charge in [-0.25, -0.2) is 4.39 Å². The molecule has 0 saturated carbocycles. The van der Waals surface area contributed by atoms with E-state index in [2.05, 4.69) is 26.6 Å². The van der Waals surface area contributed by atoms with Crippen LogP contribution in [0.5, 0.6) is 0 Å². The quantitative estimate of drug-likeness (QED) is 0.719. The number of halogens is 2. The molecule has 2 N–H and O–H groups in total. The molecule has 0 unspecified atom stereocenters. The van der Waals surface area contributed by atoms with Gasteiger partial charge < -0.3 is 15.4 Å². The van der Waals surface area contributed by atoms with Crippen molar-refractivity contribution in [2.45, 2.75) is 0 Å². The Balaban J connectivity index is 1.73. The average molecular weight is 409 g/mol. The van der Waals surface area contributed by atoms with E-state index in [1.165, 1.54) is 12.1 Å². The monoisotopic (exact) mass is 408 g/mol. The number of benzene rings is 2. The Kier molecular flexibility index (Phi) is 6.64. The Morgan fingerprint density at radius 1 is 1.04 bits per heavy atom. The molecule has 0 aromatic heterocycles. The zero-order valence-electron chi connectivity index (χ0n) is 12.9. The maximum absolute atomic E-state index is 12.8. The van der Waals surface area contributed by atoms with E-state index >= 15 is 0 Å². The molecule has 0 saturated heterocycles. The lowest BCUT2D eigenvalue weighted by Crippen LogP contribution is -2.32. The summed E-state index contributed by atoms with van der Waals surface area (Å²) in [6.45, 7) is -0.884. The average Bonchev–Trinajstić information content (AvgIpc) is 2.60. The number of carbonyl (C=O) groups excluding carboxylic acids is 3. The number of para-hydroxylation sites is 1. The van der Waals surface area contributed by atoms with Gasteiger partial charge in [0.15, 0.2) is 6.61 Å². The molecule has 8 heteroatoms. The summed E-state index contributed by atoms with van der Waals surface area (Å²) in [5.41, 5.74) is 0.758. The number of ether oxygens (including phenoxy) is 1. The largest absolute Gasteiger partial charge is 0.454 e. The zero-order valence-corrected chi connectivity index (χ0v) is 14.5. The molecule has 0 heterocycles. The van der Waals surface area contributed by atoms with Crippen molar-refractivity contribution in [2.75, 3.05) is 18.5 Å². The van der Waals surface area contributed by atoms with Crippen molar-refractivity contribution >= 4 is 39.4 Å². The molecule has 0 radical (unpaired) electrons. The maximum atomic E-state index is 12.8. The molecule has 25 heavy (non-hydrogen) atoms. The highest BCUT2D eigenvalue weighted by Gasteiger charge is 2.11. The summed E-state index contributed by atoms with van der Waals surface area (Å²) in [5, 5.41) is 4.90. The zero-order chi connectivity index (χ0) is 18.2. The predicted octanol–water partition coefficient (Wildman–Crippen LogP) is 2.50. The minimum absolute atomic E-state index is 0.209. The van der Waals surface area contributed by atoms with Crippen LogP contribution in [0.4, 0.5) is 10.1 Å². The van der Waals surface area contributed by atoms with E-state index in [1.54, 1.807) is 24.3 Å². The van der Waals surface area contributed by atoms with E-state index in [9.17, 15) is 18.8 Å². The summed E-state index contributed by atoms with van der Waals surface area (Å²) in [7, 11) is 0. The van der Waals surface area contributed by atoms with Gasteiger partial charge in [0.25, 0.3) is 11.8 Å². The van der Waals surface area contributed by atoms with Gasteiger partial charge in [-0.3, -0.25) is 14.4 Å². The van der Waals surface area contributed by atoms with Crippen LogP contribution in [0.3, 0.4) is 0 Å². The Bertz CT molecular complexity index is 780. The second-order valence-corrected chi connectivity index (χ2v) is 5.73. The van der Waals surface area contributed by atoms with Crippen LogP contribution < -0.4 is 10.6 Å². The van der Waals surface area contributed by atoms with E-state index in [0.29, 0.717) is 10.2 Å². The van der Waals surface area contributed by atoms with Gasteiger partial charge in [-0.1, -0.05) is 12.1 Å². The number of anilines is 1. The summed E-state index contributed by atoms with van der Waals surface area (Å²) in [5.74, 6) is -2.29. The summed E-state index contributed by atoms with van der Waals surface area (Å²) >= 11 is 3.28.